The van der Waals surface area contributed by atoms with Gasteiger partial charge >= 0.3 is 0 Å². The molecular weight excluding hydrogens is 214 g/mol. The highest BCUT2D eigenvalue weighted by Crippen LogP contribution is 2.22. The Bertz CT molecular complexity index is 368. The van der Waals surface area contributed by atoms with Crippen LogP contribution in [-0.2, 0) is 6.54 Å². The zero-order valence-corrected chi connectivity index (χ0v) is 10.3. The van der Waals surface area contributed by atoms with Gasteiger partial charge in [-0.05, 0) is 37.4 Å². The van der Waals surface area contributed by atoms with Crippen molar-refractivity contribution in [2.24, 2.45) is 17.6 Å². The quantitative estimate of drug-likeness (QED) is 0.796. The van der Waals surface area contributed by atoms with E-state index in [0.29, 0.717) is 11.7 Å². The van der Waals surface area contributed by atoms with Gasteiger partial charge in [0.15, 0.2) is 0 Å². The number of aromatic nitrogens is 2. The first-order chi connectivity index (χ1) is 8.19. The summed E-state index contributed by atoms with van der Waals surface area (Å²) in [6.45, 7) is 5.95. The standard InChI is InChI=1S/C12H21N5/c1-9-3-5-17(7-10(9)6-13)8-12-15-4-2-11(14)16-12/h2,4,9-10H,3,5-8,13H2,1H3,(H2,14,15,16). The Morgan fingerprint density at radius 3 is 3.06 bits per heavy atom. The molecule has 2 unspecified atom stereocenters. The van der Waals surface area contributed by atoms with Crippen LogP contribution in [0.2, 0.25) is 0 Å². The van der Waals surface area contributed by atoms with Gasteiger partial charge in [0.1, 0.15) is 11.6 Å². The Labute approximate surface area is 102 Å². The minimum atomic E-state index is 0.538. The SMILES string of the molecule is CC1CCN(Cc2nccc(N)n2)CC1CN. The zero-order chi connectivity index (χ0) is 12.3. The van der Waals surface area contributed by atoms with Crippen LogP contribution in [0, 0.1) is 11.8 Å². The second-order valence-electron chi connectivity index (χ2n) is 4.89. The molecule has 0 amide bonds. The summed E-state index contributed by atoms with van der Waals surface area (Å²) in [5, 5.41) is 0. The highest BCUT2D eigenvalue weighted by Gasteiger charge is 2.25. The highest BCUT2D eigenvalue weighted by atomic mass is 15.2. The average Bonchev–Trinajstić information content (AvgIpc) is 2.32. The summed E-state index contributed by atoms with van der Waals surface area (Å²) in [6.07, 6.45) is 2.91. The van der Waals surface area contributed by atoms with Gasteiger partial charge in [0.25, 0.3) is 0 Å². The Hall–Kier alpha value is -1.20. The minimum absolute atomic E-state index is 0.538. The van der Waals surface area contributed by atoms with Gasteiger partial charge in [0, 0.05) is 12.7 Å². The van der Waals surface area contributed by atoms with Crippen LogP contribution >= 0.6 is 0 Å². The number of anilines is 1. The van der Waals surface area contributed by atoms with Crippen LogP contribution in [0.1, 0.15) is 19.2 Å². The predicted octanol–water partition coefficient (Wildman–Crippen LogP) is 0.476. The molecule has 0 saturated carbocycles. The van der Waals surface area contributed by atoms with Crippen LogP contribution in [-0.4, -0.2) is 34.5 Å². The van der Waals surface area contributed by atoms with E-state index < -0.39 is 0 Å². The van der Waals surface area contributed by atoms with Crippen LogP contribution in [0.15, 0.2) is 12.3 Å². The zero-order valence-electron chi connectivity index (χ0n) is 10.3. The molecule has 2 heterocycles. The van der Waals surface area contributed by atoms with Crippen LogP contribution in [0.4, 0.5) is 5.82 Å². The first kappa shape index (κ1) is 12.3. The second-order valence-corrected chi connectivity index (χ2v) is 4.89. The summed E-state index contributed by atoms with van der Waals surface area (Å²) in [6, 6.07) is 1.71. The second kappa shape index (κ2) is 5.42. The number of nitrogens with zero attached hydrogens (tertiary/aromatic N) is 3. The maximum absolute atomic E-state index is 5.80. The number of hydrogen-bond donors (Lipinski definition) is 2. The molecule has 0 spiro atoms. The fourth-order valence-corrected chi connectivity index (χ4v) is 2.37. The van der Waals surface area contributed by atoms with Crippen molar-refractivity contribution in [3.05, 3.63) is 18.1 Å². The summed E-state index contributed by atoms with van der Waals surface area (Å²) < 4.78 is 0. The summed E-state index contributed by atoms with van der Waals surface area (Å²) in [7, 11) is 0. The summed E-state index contributed by atoms with van der Waals surface area (Å²) in [4.78, 5) is 10.8. The number of nitrogen functional groups attached to an aromatic ring is 1. The van der Waals surface area contributed by atoms with Gasteiger partial charge in [0.05, 0.1) is 6.54 Å². The smallest absolute Gasteiger partial charge is 0.144 e. The molecule has 1 aromatic heterocycles. The fourth-order valence-electron chi connectivity index (χ4n) is 2.37. The van der Waals surface area contributed by atoms with Gasteiger partial charge in [0.2, 0.25) is 0 Å². The first-order valence-electron chi connectivity index (χ1n) is 6.19. The van der Waals surface area contributed by atoms with Crippen molar-refractivity contribution in [2.75, 3.05) is 25.4 Å². The topological polar surface area (TPSA) is 81.1 Å². The van der Waals surface area contributed by atoms with E-state index in [1.165, 1.54) is 6.42 Å². The van der Waals surface area contributed by atoms with Crippen molar-refractivity contribution in [1.29, 1.82) is 0 Å². The molecule has 17 heavy (non-hydrogen) atoms. The molecule has 1 aliphatic rings. The van der Waals surface area contributed by atoms with Crippen LogP contribution in [0.25, 0.3) is 0 Å². The van der Waals surface area contributed by atoms with Gasteiger partial charge in [-0.25, -0.2) is 9.97 Å². The number of hydrogen-bond acceptors (Lipinski definition) is 5. The molecule has 1 saturated heterocycles. The molecule has 5 heteroatoms. The van der Waals surface area contributed by atoms with Crippen molar-refractivity contribution in [2.45, 2.75) is 19.9 Å². The van der Waals surface area contributed by atoms with E-state index in [0.717, 1.165) is 37.9 Å². The summed E-state index contributed by atoms with van der Waals surface area (Å²) >= 11 is 0. The summed E-state index contributed by atoms with van der Waals surface area (Å²) in [5.41, 5.74) is 11.4. The molecule has 0 radical (unpaired) electrons. The maximum Gasteiger partial charge on any atom is 0.144 e. The normalized spacial score (nSPS) is 26.0. The third kappa shape index (κ3) is 3.14. The van der Waals surface area contributed by atoms with E-state index in [1.54, 1.807) is 12.3 Å². The lowest BCUT2D eigenvalue weighted by atomic mass is 9.87. The minimum Gasteiger partial charge on any atom is -0.384 e. The van der Waals surface area contributed by atoms with Crippen LogP contribution in [0.5, 0.6) is 0 Å². The van der Waals surface area contributed by atoms with E-state index in [-0.39, 0.29) is 0 Å². The third-order valence-electron chi connectivity index (χ3n) is 3.59. The molecular formula is C12H21N5. The molecule has 1 aromatic rings. The number of likely N-dealkylation sites (tertiary alicyclic amines) is 1. The lowest BCUT2D eigenvalue weighted by Crippen LogP contribution is -2.42. The molecule has 2 atom stereocenters. The van der Waals surface area contributed by atoms with Gasteiger partial charge in [-0.1, -0.05) is 6.92 Å². The van der Waals surface area contributed by atoms with Gasteiger partial charge in [-0.2, -0.15) is 0 Å². The van der Waals surface area contributed by atoms with Crippen LogP contribution in [0.3, 0.4) is 0 Å². The Balaban J connectivity index is 1.95. The molecule has 0 aliphatic carbocycles. The van der Waals surface area contributed by atoms with E-state index in [9.17, 15) is 0 Å². The van der Waals surface area contributed by atoms with E-state index in [1.807, 2.05) is 0 Å². The Morgan fingerprint density at radius 2 is 2.35 bits per heavy atom. The fraction of sp³-hybridized carbons (Fsp3) is 0.667. The van der Waals surface area contributed by atoms with Crippen molar-refractivity contribution in [3.8, 4) is 0 Å². The Kier molecular flexibility index (Phi) is 3.91. The highest BCUT2D eigenvalue weighted by molar-refractivity contribution is 5.24. The van der Waals surface area contributed by atoms with Crippen LogP contribution < -0.4 is 11.5 Å². The lowest BCUT2D eigenvalue weighted by Gasteiger charge is -2.36. The molecule has 4 N–H and O–H groups in total. The van der Waals surface area contributed by atoms with Gasteiger partial charge in [-0.15, -0.1) is 0 Å². The molecule has 2 rings (SSSR count). The molecule has 5 nitrogen and oxygen atoms in total. The van der Waals surface area contributed by atoms with E-state index in [4.69, 9.17) is 11.5 Å². The number of piperidine rings is 1. The first-order valence-corrected chi connectivity index (χ1v) is 6.19. The van der Waals surface area contributed by atoms with Crippen molar-refractivity contribution >= 4 is 5.82 Å². The maximum atomic E-state index is 5.80. The van der Waals surface area contributed by atoms with Crippen molar-refractivity contribution in [3.63, 3.8) is 0 Å². The Morgan fingerprint density at radius 1 is 1.53 bits per heavy atom. The molecule has 0 bridgehead atoms. The molecule has 94 valence electrons. The monoisotopic (exact) mass is 235 g/mol. The van der Waals surface area contributed by atoms with E-state index in [2.05, 4.69) is 21.8 Å². The summed E-state index contributed by atoms with van der Waals surface area (Å²) in [5.74, 6) is 2.65. The van der Waals surface area contributed by atoms with E-state index >= 15 is 0 Å². The van der Waals surface area contributed by atoms with Crippen molar-refractivity contribution in [1.82, 2.24) is 14.9 Å². The largest absolute Gasteiger partial charge is 0.384 e. The van der Waals surface area contributed by atoms with Gasteiger partial charge < -0.3 is 11.5 Å². The molecule has 0 aromatic carbocycles. The van der Waals surface area contributed by atoms with Gasteiger partial charge in [-0.3, -0.25) is 4.90 Å². The lowest BCUT2D eigenvalue weighted by molar-refractivity contribution is 0.123. The molecule has 1 aliphatic heterocycles. The predicted molar refractivity (Wildman–Crippen MR) is 68.0 cm³/mol. The third-order valence-corrected chi connectivity index (χ3v) is 3.59. The van der Waals surface area contributed by atoms with Crippen molar-refractivity contribution < 1.29 is 0 Å². The molecule has 1 fully saturated rings. The number of nitrogens with two attached hydrogens (primary N) is 2. The number of rotatable bonds is 3. The average molecular weight is 235 g/mol.